The van der Waals surface area contributed by atoms with E-state index >= 15 is 0 Å². The third-order valence-electron chi connectivity index (χ3n) is 3.17. The number of nitriles is 1. The Morgan fingerprint density at radius 1 is 1.56 bits per heavy atom. The van der Waals surface area contributed by atoms with Gasteiger partial charge < -0.3 is 19.6 Å². The molecule has 0 atom stereocenters. The zero-order chi connectivity index (χ0) is 18.4. The van der Waals surface area contributed by atoms with Crippen LogP contribution in [0.15, 0.2) is 40.5 Å². The van der Waals surface area contributed by atoms with Gasteiger partial charge in [0.2, 0.25) is 5.75 Å². The number of carbonyl (C=O) groups excluding carboxylic acids is 1. The highest BCUT2D eigenvalue weighted by Gasteiger charge is 2.20. The standard InChI is InChI=1S/C16H13N3O6/c1-24-14-7-10(6-13(15(14)20)19(22)23)5-11(8-17)16(21)18-9-12-3-2-4-25-12/h2-7,20H,9H2,1H3,(H,18,21). The Labute approximate surface area is 141 Å². The van der Waals surface area contributed by atoms with E-state index in [1.807, 2.05) is 0 Å². The van der Waals surface area contributed by atoms with Crippen molar-refractivity contribution < 1.29 is 24.0 Å². The molecule has 1 aromatic carbocycles. The van der Waals surface area contributed by atoms with Crippen LogP contribution in [-0.2, 0) is 11.3 Å². The van der Waals surface area contributed by atoms with Crippen molar-refractivity contribution in [2.24, 2.45) is 0 Å². The topological polar surface area (TPSA) is 139 Å². The third-order valence-corrected chi connectivity index (χ3v) is 3.17. The van der Waals surface area contributed by atoms with E-state index in [-0.39, 0.29) is 23.4 Å². The number of phenols is 1. The molecule has 0 spiro atoms. The van der Waals surface area contributed by atoms with Gasteiger partial charge in [-0.05, 0) is 29.8 Å². The monoisotopic (exact) mass is 343 g/mol. The van der Waals surface area contributed by atoms with Crippen LogP contribution in [0.5, 0.6) is 11.5 Å². The number of phenolic OH excluding ortho intramolecular Hbond substituents is 1. The van der Waals surface area contributed by atoms with Crippen molar-refractivity contribution in [2.45, 2.75) is 6.54 Å². The molecule has 1 amide bonds. The van der Waals surface area contributed by atoms with Gasteiger partial charge in [-0.2, -0.15) is 5.26 Å². The summed E-state index contributed by atoms with van der Waals surface area (Å²) in [5, 5.41) is 32.4. The molecule has 0 aliphatic carbocycles. The predicted molar refractivity (Wildman–Crippen MR) is 85.5 cm³/mol. The number of hydrogen-bond donors (Lipinski definition) is 2. The Kier molecular flexibility index (Phi) is 5.37. The third kappa shape index (κ3) is 4.14. The second-order valence-electron chi connectivity index (χ2n) is 4.78. The van der Waals surface area contributed by atoms with Crippen LogP contribution in [0.3, 0.4) is 0 Å². The number of methoxy groups -OCH3 is 1. The second-order valence-corrected chi connectivity index (χ2v) is 4.78. The molecular formula is C16H13N3O6. The summed E-state index contributed by atoms with van der Waals surface area (Å²) >= 11 is 0. The molecule has 0 saturated heterocycles. The molecule has 0 aliphatic rings. The van der Waals surface area contributed by atoms with Crippen LogP contribution in [0.1, 0.15) is 11.3 Å². The molecule has 128 valence electrons. The number of carbonyl (C=O) groups is 1. The van der Waals surface area contributed by atoms with Crippen LogP contribution in [0.25, 0.3) is 6.08 Å². The SMILES string of the molecule is COc1cc(C=C(C#N)C(=O)NCc2ccco2)cc([N+](=O)[O-])c1O. The molecule has 2 rings (SSSR count). The molecule has 9 heteroatoms. The van der Waals surface area contributed by atoms with Crippen LogP contribution in [0.2, 0.25) is 0 Å². The lowest BCUT2D eigenvalue weighted by Gasteiger charge is -2.06. The van der Waals surface area contributed by atoms with Gasteiger partial charge in [-0.25, -0.2) is 0 Å². The van der Waals surface area contributed by atoms with E-state index in [0.717, 1.165) is 12.1 Å². The minimum Gasteiger partial charge on any atom is -0.500 e. The first-order valence-corrected chi connectivity index (χ1v) is 6.94. The van der Waals surface area contributed by atoms with Crippen LogP contribution in [0.4, 0.5) is 5.69 Å². The number of rotatable bonds is 6. The van der Waals surface area contributed by atoms with Crippen molar-refractivity contribution in [1.29, 1.82) is 5.26 Å². The number of aromatic hydroxyl groups is 1. The first kappa shape index (κ1) is 17.6. The fourth-order valence-corrected chi connectivity index (χ4v) is 1.98. The highest BCUT2D eigenvalue weighted by molar-refractivity contribution is 6.01. The number of nitrogens with zero attached hydrogens (tertiary/aromatic N) is 2. The summed E-state index contributed by atoms with van der Waals surface area (Å²) in [4.78, 5) is 22.2. The Hall–Kier alpha value is -3.80. The number of hydrogen-bond acceptors (Lipinski definition) is 7. The molecule has 0 fully saturated rings. The lowest BCUT2D eigenvalue weighted by Crippen LogP contribution is -2.23. The van der Waals surface area contributed by atoms with Crippen LogP contribution in [-0.4, -0.2) is 23.0 Å². The Balaban J connectivity index is 2.29. The number of amides is 1. The number of nitrogens with one attached hydrogen (secondary N) is 1. The van der Waals surface area contributed by atoms with Crippen molar-refractivity contribution in [3.63, 3.8) is 0 Å². The Bertz CT molecular complexity index is 865. The molecule has 25 heavy (non-hydrogen) atoms. The van der Waals surface area contributed by atoms with Gasteiger partial charge in [0.15, 0.2) is 5.75 Å². The summed E-state index contributed by atoms with van der Waals surface area (Å²) < 4.78 is 9.93. The molecule has 2 N–H and O–H groups in total. The molecule has 0 radical (unpaired) electrons. The number of nitro groups is 1. The van der Waals surface area contributed by atoms with Crippen molar-refractivity contribution in [3.8, 4) is 17.6 Å². The quantitative estimate of drug-likeness (QED) is 0.354. The summed E-state index contributed by atoms with van der Waals surface area (Å²) in [6.07, 6.45) is 2.61. The van der Waals surface area contributed by atoms with Gasteiger partial charge in [-0.1, -0.05) is 0 Å². The predicted octanol–water partition coefficient (Wildman–Crippen LogP) is 2.13. The minimum atomic E-state index is -0.793. The van der Waals surface area contributed by atoms with Gasteiger partial charge in [0.05, 0.1) is 24.8 Å². The van der Waals surface area contributed by atoms with Gasteiger partial charge in [0, 0.05) is 6.07 Å². The smallest absolute Gasteiger partial charge is 0.315 e. The molecular weight excluding hydrogens is 330 g/mol. The fourth-order valence-electron chi connectivity index (χ4n) is 1.98. The summed E-state index contributed by atoms with van der Waals surface area (Å²) in [6, 6.07) is 7.35. The maximum Gasteiger partial charge on any atom is 0.315 e. The van der Waals surface area contributed by atoms with Gasteiger partial charge in [0.25, 0.3) is 5.91 Å². The number of furan rings is 1. The summed E-state index contributed by atoms with van der Waals surface area (Å²) in [6.45, 7) is 0.0872. The summed E-state index contributed by atoms with van der Waals surface area (Å²) in [7, 11) is 1.23. The Morgan fingerprint density at radius 3 is 2.88 bits per heavy atom. The number of ether oxygens (including phenoxy) is 1. The highest BCUT2D eigenvalue weighted by Crippen LogP contribution is 2.37. The largest absolute Gasteiger partial charge is 0.500 e. The Morgan fingerprint density at radius 2 is 2.32 bits per heavy atom. The molecule has 9 nitrogen and oxygen atoms in total. The van der Waals surface area contributed by atoms with Gasteiger partial charge in [0.1, 0.15) is 17.4 Å². The van der Waals surface area contributed by atoms with E-state index in [2.05, 4.69) is 5.32 Å². The maximum absolute atomic E-state index is 12.1. The fraction of sp³-hybridized carbons (Fsp3) is 0.125. The molecule has 1 heterocycles. The van der Waals surface area contributed by atoms with Crippen molar-refractivity contribution in [1.82, 2.24) is 5.32 Å². The molecule has 1 aromatic heterocycles. The van der Waals surface area contributed by atoms with Crippen molar-refractivity contribution in [3.05, 3.63) is 57.5 Å². The van der Waals surface area contributed by atoms with E-state index in [1.165, 1.54) is 19.4 Å². The van der Waals surface area contributed by atoms with E-state index in [9.17, 15) is 20.0 Å². The van der Waals surface area contributed by atoms with Crippen LogP contribution in [0, 0.1) is 21.4 Å². The number of benzene rings is 1. The average molecular weight is 343 g/mol. The van der Waals surface area contributed by atoms with E-state index < -0.39 is 22.3 Å². The summed E-state index contributed by atoms with van der Waals surface area (Å²) in [5.74, 6) is -0.944. The van der Waals surface area contributed by atoms with E-state index in [4.69, 9.17) is 14.4 Å². The zero-order valence-electron chi connectivity index (χ0n) is 13.1. The minimum absolute atomic E-state index is 0.0872. The van der Waals surface area contributed by atoms with Gasteiger partial charge in [-0.3, -0.25) is 14.9 Å². The van der Waals surface area contributed by atoms with Gasteiger partial charge >= 0.3 is 5.69 Å². The van der Waals surface area contributed by atoms with Gasteiger partial charge in [-0.15, -0.1) is 0 Å². The van der Waals surface area contributed by atoms with Crippen LogP contribution < -0.4 is 10.1 Å². The van der Waals surface area contributed by atoms with Crippen molar-refractivity contribution >= 4 is 17.7 Å². The molecule has 0 unspecified atom stereocenters. The van der Waals surface area contributed by atoms with E-state index in [1.54, 1.807) is 18.2 Å². The first-order valence-electron chi connectivity index (χ1n) is 6.94. The van der Waals surface area contributed by atoms with E-state index in [0.29, 0.717) is 5.76 Å². The second kappa shape index (κ2) is 7.65. The maximum atomic E-state index is 12.1. The summed E-state index contributed by atoms with van der Waals surface area (Å²) in [5.41, 5.74) is -0.710. The molecule has 2 aromatic rings. The highest BCUT2D eigenvalue weighted by atomic mass is 16.6. The normalized spacial score (nSPS) is 10.8. The number of nitro benzene ring substituents is 1. The van der Waals surface area contributed by atoms with Crippen molar-refractivity contribution in [2.75, 3.05) is 7.11 Å². The zero-order valence-corrected chi connectivity index (χ0v) is 13.1. The molecule has 0 saturated carbocycles. The lowest BCUT2D eigenvalue weighted by molar-refractivity contribution is -0.386. The molecule has 0 aliphatic heterocycles. The first-order chi connectivity index (χ1) is 12.0. The molecule has 0 bridgehead atoms. The lowest BCUT2D eigenvalue weighted by atomic mass is 10.1. The van der Waals surface area contributed by atoms with Crippen LogP contribution >= 0.6 is 0 Å². The average Bonchev–Trinajstić information content (AvgIpc) is 3.11.